The van der Waals surface area contributed by atoms with Crippen molar-refractivity contribution in [3.05, 3.63) is 12.4 Å². The van der Waals surface area contributed by atoms with E-state index in [-0.39, 0.29) is 6.04 Å². The third-order valence-corrected chi connectivity index (χ3v) is 6.62. The molecular weight excluding hydrogens is 288 g/mol. The monoisotopic (exact) mass is 312 g/mol. The third-order valence-electron chi connectivity index (χ3n) is 4.75. The largest absolute Gasteiger partial charge is 0.297 e. The zero-order valence-corrected chi connectivity index (χ0v) is 13.6. The number of aromatic nitrogens is 2. The molecule has 0 N–H and O–H groups in total. The number of piperazine rings is 1. The molecule has 2 fully saturated rings. The quantitative estimate of drug-likeness (QED) is 0.837. The molecule has 7 heteroatoms. The van der Waals surface area contributed by atoms with E-state index in [1.54, 1.807) is 15.2 Å². The zero-order valence-electron chi connectivity index (χ0n) is 12.8. The van der Waals surface area contributed by atoms with Crippen molar-refractivity contribution in [2.45, 2.75) is 56.6 Å². The number of nitrogens with zero attached hydrogens (tertiary/aromatic N) is 4. The molecule has 0 aromatic carbocycles. The van der Waals surface area contributed by atoms with Crippen molar-refractivity contribution in [2.75, 3.05) is 19.6 Å². The maximum absolute atomic E-state index is 12.9. The van der Waals surface area contributed by atoms with Crippen molar-refractivity contribution in [1.29, 1.82) is 0 Å². The van der Waals surface area contributed by atoms with Crippen molar-refractivity contribution < 1.29 is 8.42 Å². The van der Waals surface area contributed by atoms with E-state index in [0.717, 1.165) is 25.9 Å². The van der Waals surface area contributed by atoms with Crippen LogP contribution in [0.2, 0.25) is 0 Å². The van der Waals surface area contributed by atoms with E-state index in [2.05, 4.69) is 16.9 Å². The minimum absolute atomic E-state index is 0.0781. The lowest BCUT2D eigenvalue weighted by Gasteiger charge is -2.42. The van der Waals surface area contributed by atoms with E-state index in [9.17, 15) is 8.42 Å². The Kier molecular flexibility index (Phi) is 4.07. The van der Waals surface area contributed by atoms with Crippen LogP contribution in [0.15, 0.2) is 17.3 Å². The summed E-state index contributed by atoms with van der Waals surface area (Å²) in [6.45, 7) is 7.31. The second-order valence-electron chi connectivity index (χ2n) is 5.96. The first-order chi connectivity index (χ1) is 10.1. The van der Waals surface area contributed by atoms with Crippen LogP contribution in [0.1, 0.15) is 33.1 Å². The van der Waals surface area contributed by atoms with E-state index in [1.807, 2.05) is 6.92 Å². The normalized spacial score (nSPS) is 27.9. The highest BCUT2D eigenvalue weighted by molar-refractivity contribution is 7.89. The van der Waals surface area contributed by atoms with Crippen LogP contribution in [0.4, 0.5) is 0 Å². The molecule has 0 radical (unpaired) electrons. The number of hydrogen-bond acceptors (Lipinski definition) is 4. The summed E-state index contributed by atoms with van der Waals surface area (Å²) in [4.78, 5) is 2.78. The molecule has 118 valence electrons. The number of rotatable bonds is 4. The van der Waals surface area contributed by atoms with Crippen LogP contribution in [-0.4, -0.2) is 59.1 Å². The van der Waals surface area contributed by atoms with Crippen LogP contribution < -0.4 is 0 Å². The summed E-state index contributed by atoms with van der Waals surface area (Å²) in [6.07, 6.45) is 6.26. The van der Waals surface area contributed by atoms with Gasteiger partial charge in [0.15, 0.2) is 0 Å². The fourth-order valence-corrected chi connectivity index (χ4v) is 5.16. The van der Waals surface area contributed by atoms with Crippen LogP contribution in [0.5, 0.6) is 0 Å². The van der Waals surface area contributed by atoms with Gasteiger partial charge in [0.1, 0.15) is 4.90 Å². The summed E-state index contributed by atoms with van der Waals surface area (Å²) < 4.78 is 29.2. The van der Waals surface area contributed by atoms with Gasteiger partial charge in [-0.1, -0.05) is 6.92 Å². The molecule has 21 heavy (non-hydrogen) atoms. The molecule has 2 atom stereocenters. The molecule has 2 aliphatic rings. The fraction of sp³-hybridized carbons (Fsp3) is 0.786. The number of sulfonamides is 1. The molecular formula is C14H24N4O2S. The molecule has 0 bridgehead atoms. The van der Waals surface area contributed by atoms with Crippen LogP contribution in [0.3, 0.4) is 0 Å². The predicted molar refractivity (Wildman–Crippen MR) is 80.5 cm³/mol. The van der Waals surface area contributed by atoms with Gasteiger partial charge in [-0.15, -0.1) is 0 Å². The Labute approximate surface area is 126 Å². The highest BCUT2D eigenvalue weighted by Crippen LogP contribution is 2.30. The van der Waals surface area contributed by atoms with Crippen LogP contribution in [0, 0.1) is 0 Å². The average molecular weight is 312 g/mol. The fourth-order valence-electron chi connectivity index (χ4n) is 3.47. The maximum Gasteiger partial charge on any atom is 0.246 e. The summed E-state index contributed by atoms with van der Waals surface area (Å²) >= 11 is 0. The first-order valence-electron chi connectivity index (χ1n) is 7.84. The zero-order chi connectivity index (χ0) is 15.0. The van der Waals surface area contributed by atoms with Gasteiger partial charge in [0.05, 0.1) is 6.20 Å². The lowest BCUT2D eigenvalue weighted by Crippen LogP contribution is -2.57. The summed E-state index contributed by atoms with van der Waals surface area (Å²) in [5.74, 6) is 0. The lowest BCUT2D eigenvalue weighted by atomic mass is 10.1. The molecule has 6 nitrogen and oxygen atoms in total. The summed E-state index contributed by atoms with van der Waals surface area (Å²) in [5, 5.41) is 4.11. The molecule has 3 heterocycles. The van der Waals surface area contributed by atoms with Gasteiger partial charge in [-0.3, -0.25) is 9.58 Å². The molecule has 1 aromatic rings. The Bertz CT molecular complexity index is 598. The minimum Gasteiger partial charge on any atom is -0.297 e. The summed E-state index contributed by atoms with van der Waals surface area (Å²) in [5.41, 5.74) is 0. The molecule has 0 unspecified atom stereocenters. The van der Waals surface area contributed by atoms with E-state index in [0.29, 0.717) is 24.0 Å². The SMILES string of the molecule is CC[C@H]1CN2CCC[C@H]2CN1S(=O)(=O)c1cnn(CC)c1. The van der Waals surface area contributed by atoms with Crippen molar-refractivity contribution >= 4 is 10.0 Å². The molecule has 0 aliphatic carbocycles. The smallest absolute Gasteiger partial charge is 0.246 e. The highest BCUT2D eigenvalue weighted by Gasteiger charge is 2.41. The number of hydrogen-bond donors (Lipinski definition) is 0. The minimum atomic E-state index is -3.43. The molecule has 2 saturated heterocycles. The van der Waals surface area contributed by atoms with Crippen molar-refractivity contribution in [2.24, 2.45) is 0 Å². The molecule has 3 rings (SSSR count). The van der Waals surface area contributed by atoms with E-state index in [1.165, 1.54) is 12.6 Å². The molecule has 2 aliphatic heterocycles. The Morgan fingerprint density at radius 3 is 2.81 bits per heavy atom. The van der Waals surface area contributed by atoms with Gasteiger partial charge in [-0.2, -0.15) is 9.40 Å². The second-order valence-corrected chi connectivity index (χ2v) is 7.85. The highest BCUT2D eigenvalue weighted by atomic mass is 32.2. The van der Waals surface area contributed by atoms with Gasteiger partial charge in [0, 0.05) is 37.9 Å². The number of aryl methyl sites for hydroxylation is 1. The second kappa shape index (κ2) is 5.70. The Morgan fingerprint density at radius 2 is 2.14 bits per heavy atom. The Hall–Kier alpha value is -0.920. The summed E-state index contributed by atoms with van der Waals surface area (Å²) in [6, 6.07) is 0.470. The summed E-state index contributed by atoms with van der Waals surface area (Å²) in [7, 11) is -3.43. The first-order valence-corrected chi connectivity index (χ1v) is 9.28. The molecule has 0 saturated carbocycles. The van der Waals surface area contributed by atoms with Gasteiger partial charge in [0.25, 0.3) is 0 Å². The maximum atomic E-state index is 12.9. The molecule has 1 aromatic heterocycles. The standard InChI is InChI=1S/C14H24N4O2S/c1-3-12-9-16-7-5-6-13(16)10-18(12)21(19,20)14-8-15-17(4-2)11-14/h8,11-13H,3-7,9-10H2,1-2H3/t12-,13-/m0/s1. The van der Waals surface area contributed by atoms with E-state index in [4.69, 9.17) is 0 Å². The van der Waals surface area contributed by atoms with Crippen LogP contribution >= 0.6 is 0 Å². The predicted octanol–water partition coefficient (Wildman–Crippen LogP) is 1.15. The average Bonchev–Trinajstić information content (AvgIpc) is 3.14. The van der Waals surface area contributed by atoms with Gasteiger partial charge < -0.3 is 0 Å². The molecule has 0 amide bonds. The van der Waals surface area contributed by atoms with Crippen LogP contribution in [0.25, 0.3) is 0 Å². The lowest BCUT2D eigenvalue weighted by molar-refractivity contribution is 0.106. The van der Waals surface area contributed by atoms with Gasteiger partial charge in [-0.05, 0) is 32.7 Å². The van der Waals surface area contributed by atoms with Gasteiger partial charge in [0.2, 0.25) is 10.0 Å². The van der Waals surface area contributed by atoms with Gasteiger partial charge in [-0.25, -0.2) is 8.42 Å². The topological polar surface area (TPSA) is 58.4 Å². The van der Waals surface area contributed by atoms with E-state index >= 15 is 0 Å². The number of fused-ring (bicyclic) bond motifs is 1. The van der Waals surface area contributed by atoms with Crippen molar-refractivity contribution in [1.82, 2.24) is 19.0 Å². The van der Waals surface area contributed by atoms with Gasteiger partial charge >= 0.3 is 0 Å². The Morgan fingerprint density at radius 1 is 1.33 bits per heavy atom. The van der Waals surface area contributed by atoms with E-state index < -0.39 is 10.0 Å². The van der Waals surface area contributed by atoms with Crippen molar-refractivity contribution in [3.8, 4) is 0 Å². The third kappa shape index (κ3) is 2.62. The Balaban J connectivity index is 1.88. The first kappa shape index (κ1) is 15.0. The molecule has 0 spiro atoms. The van der Waals surface area contributed by atoms with Crippen molar-refractivity contribution in [3.63, 3.8) is 0 Å². The van der Waals surface area contributed by atoms with Crippen LogP contribution in [-0.2, 0) is 16.6 Å².